The minimum absolute atomic E-state index is 0.233. The number of aromatic nitrogens is 1. The van der Waals surface area contributed by atoms with E-state index in [-0.39, 0.29) is 11.8 Å². The third kappa shape index (κ3) is 2.34. The van der Waals surface area contributed by atoms with Crippen molar-refractivity contribution in [1.82, 2.24) is 4.98 Å². The highest BCUT2D eigenvalue weighted by molar-refractivity contribution is 6.04. The zero-order valence-electron chi connectivity index (χ0n) is 12.7. The molecule has 0 aliphatic carbocycles. The molecule has 1 aliphatic rings. The maximum Gasteiger partial charge on any atom is 0.326 e. The average Bonchev–Trinajstić information content (AvgIpc) is 3.13. The Morgan fingerprint density at radius 1 is 1.26 bits per heavy atom. The molecule has 0 unspecified atom stereocenters. The lowest BCUT2D eigenvalue weighted by molar-refractivity contribution is 0.257. The molecule has 5 heteroatoms. The molecule has 2 N–H and O–H groups in total. The summed E-state index contributed by atoms with van der Waals surface area (Å²) < 4.78 is 13.5. The Morgan fingerprint density at radius 2 is 2.13 bits per heavy atom. The van der Waals surface area contributed by atoms with Crippen molar-refractivity contribution in [3.8, 4) is 0 Å². The second-order valence-electron chi connectivity index (χ2n) is 5.84. The molecule has 23 heavy (non-hydrogen) atoms. The van der Waals surface area contributed by atoms with Crippen LogP contribution < -0.4 is 10.2 Å². The van der Waals surface area contributed by atoms with Crippen LogP contribution in [0.3, 0.4) is 0 Å². The molecule has 2 aromatic carbocycles. The fourth-order valence-electron chi connectivity index (χ4n) is 3.10. The van der Waals surface area contributed by atoms with Crippen molar-refractivity contribution in [1.29, 1.82) is 0 Å². The van der Waals surface area contributed by atoms with E-state index >= 15 is 0 Å². The van der Waals surface area contributed by atoms with Gasteiger partial charge in [0.05, 0.1) is 5.69 Å². The van der Waals surface area contributed by atoms with Gasteiger partial charge in [-0.25, -0.2) is 9.18 Å². The molecule has 0 bridgehead atoms. The molecule has 2 heterocycles. The summed E-state index contributed by atoms with van der Waals surface area (Å²) in [5, 5.41) is 4.04. The van der Waals surface area contributed by atoms with E-state index in [2.05, 4.69) is 10.3 Å². The highest BCUT2D eigenvalue weighted by atomic mass is 19.1. The van der Waals surface area contributed by atoms with E-state index in [0.29, 0.717) is 12.2 Å². The minimum atomic E-state index is -0.326. The molecular formula is C18H16FN3O. The molecule has 0 saturated carbocycles. The Kier molecular flexibility index (Phi) is 3.08. The highest BCUT2D eigenvalue weighted by Gasteiger charge is 2.25. The third-order valence-corrected chi connectivity index (χ3v) is 4.33. The fraction of sp³-hybridized carbons (Fsp3) is 0.167. The number of amides is 2. The number of fused-ring (bicyclic) bond motifs is 2. The van der Waals surface area contributed by atoms with Gasteiger partial charge in [0.25, 0.3) is 0 Å². The summed E-state index contributed by atoms with van der Waals surface area (Å²) in [5.41, 5.74) is 4.37. The van der Waals surface area contributed by atoms with Crippen LogP contribution in [-0.2, 0) is 6.42 Å². The lowest BCUT2D eigenvalue weighted by Crippen LogP contribution is -2.33. The standard InChI is InChI=1S/C18H16FN3O/c1-11-8-13-4-6-20-16(13)10-15(11)21-18(23)22-7-5-12-2-3-14(19)9-17(12)22/h2-4,6,8-10,20H,5,7H2,1H3,(H,21,23). The van der Waals surface area contributed by atoms with Crippen molar-refractivity contribution in [3.05, 3.63) is 59.5 Å². The molecule has 4 nitrogen and oxygen atoms in total. The van der Waals surface area contributed by atoms with Crippen molar-refractivity contribution in [3.63, 3.8) is 0 Å². The molecule has 2 amide bonds. The lowest BCUT2D eigenvalue weighted by atomic mass is 10.1. The predicted molar refractivity (Wildman–Crippen MR) is 89.5 cm³/mol. The minimum Gasteiger partial charge on any atom is -0.361 e. The number of rotatable bonds is 1. The number of aryl methyl sites for hydroxylation is 1. The zero-order chi connectivity index (χ0) is 16.0. The van der Waals surface area contributed by atoms with E-state index in [1.54, 1.807) is 11.0 Å². The van der Waals surface area contributed by atoms with Gasteiger partial charge in [-0.3, -0.25) is 4.90 Å². The summed E-state index contributed by atoms with van der Waals surface area (Å²) >= 11 is 0. The summed E-state index contributed by atoms with van der Waals surface area (Å²) in [6.07, 6.45) is 2.62. The Balaban J connectivity index is 1.63. The Labute approximate surface area is 132 Å². The summed E-state index contributed by atoms with van der Waals surface area (Å²) in [7, 11) is 0. The molecule has 1 aromatic heterocycles. The van der Waals surface area contributed by atoms with E-state index in [4.69, 9.17) is 0 Å². The largest absolute Gasteiger partial charge is 0.361 e. The van der Waals surface area contributed by atoms with E-state index in [1.165, 1.54) is 12.1 Å². The predicted octanol–water partition coefficient (Wildman–Crippen LogP) is 4.21. The topological polar surface area (TPSA) is 48.1 Å². The maximum absolute atomic E-state index is 13.5. The average molecular weight is 309 g/mol. The van der Waals surface area contributed by atoms with Gasteiger partial charge >= 0.3 is 6.03 Å². The van der Waals surface area contributed by atoms with Crippen LogP contribution in [-0.4, -0.2) is 17.6 Å². The molecular weight excluding hydrogens is 293 g/mol. The summed E-state index contributed by atoms with van der Waals surface area (Å²) in [6, 6.07) is 10.3. The number of benzene rings is 2. The Morgan fingerprint density at radius 3 is 3.00 bits per heavy atom. The summed E-state index contributed by atoms with van der Waals surface area (Å²) in [5.74, 6) is -0.326. The first-order valence-corrected chi connectivity index (χ1v) is 7.56. The highest BCUT2D eigenvalue weighted by Crippen LogP contribution is 2.30. The second-order valence-corrected chi connectivity index (χ2v) is 5.84. The van der Waals surface area contributed by atoms with Crippen LogP contribution in [0, 0.1) is 12.7 Å². The normalized spacial score (nSPS) is 13.4. The van der Waals surface area contributed by atoms with Crippen molar-refractivity contribution in [2.24, 2.45) is 0 Å². The van der Waals surface area contributed by atoms with Crippen molar-refractivity contribution < 1.29 is 9.18 Å². The van der Waals surface area contributed by atoms with Crippen LogP contribution in [0.5, 0.6) is 0 Å². The zero-order valence-corrected chi connectivity index (χ0v) is 12.7. The van der Waals surface area contributed by atoms with Crippen LogP contribution >= 0.6 is 0 Å². The Bertz CT molecular complexity index is 916. The smallest absolute Gasteiger partial charge is 0.326 e. The van der Waals surface area contributed by atoms with Crippen molar-refractivity contribution >= 4 is 28.3 Å². The lowest BCUT2D eigenvalue weighted by Gasteiger charge is -2.19. The van der Waals surface area contributed by atoms with Gasteiger partial charge in [0.1, 0.15) is 5.82 Å². The first-order valence-electron chi connectivity index (χ1n) is 7.56. The van der Waals surface area contributed by atoms with Crippen molar-refractivity contribution in [2.45, 2.75) is 13.3 Å². The Hall–Kier alpha value is -2.82. The molecule has 4 rings (SSSR count). The first-order chi connectivity index (χ1) is 11.1. The van der Waals surface area contributed by atoms with Gasteiger partial charge < -0.3 is 10.3 Å². The van der Waals surface area contributed by atoms with Crippen LogP contribution in [0.15, 0.2) is 42.6 Å². The number of anilines is 2. The van der Waals surface area contributed by atoms with Gasteiger partial charge in [-0.1, -0.05) is 6.07 Å². The second kappa shape index (κ2) is 5.12. The van der Waals surface area contributed by atoms with E-state index < -0.39 is 0 Å². The quantitative estimate of drug-likeness (QED) is 0.695. The van der Waals surface area contributed by atoms with Gasteiger partial charge in [0.2, 0.25) is 0 Å². The number of urea groups is 1. The molecule has 0 fully saturated rings. The molecule has 0 saturated heterocycles. The third-order valence-electron chi connectivity index (χ3n) is 4.33. The molecule has 1 aliphatic heterocycles. The number of hydrogen-bond acceptors (Lipinski definition) is 1. The van der Waals surface area contributed by atoms with E-state index in [1.807, 2.05) is 31.3 Å². The number of halogens is 1. The number of hydrogen-bond donors (Lipinski definition) is 2. The molecule has 0 radical (unpaired) electrons. The van der Waals surface area contributed by atoms with Crippen molar-refractivity contribution in [2.75, 3.05) is 16.8 Å². The number of aromatic amines is 1. The van der Waals surface area contributed by atoms with Crippen LogP contribution in [0.1, 0.15) is 11.1 Å². The number of carbonyl (C=O) groups is 1. The summed E-state index contributed by atoms with van der Waals surface area (Å²) in [6.45, 7) is 2.52. The van der Waals surface area contributed by atoms with E-state index in [0.717, 1.165) is 34.1 Å². The fourth-order valence-corrected chi connectivity index (χ4v) is 3.10. The molecule has 0 atom stereocenters. The summed E-state index contributed by atoms with van der Waals surface area (Å²) in [4.78, 5) is 17.3. The number of carbonyl (C=O) groups excluding carboxylic acids is 1. The van der Waals surface area contributed by atoms with Gasteiger partial charge in [0, 0.05) is 23.9 Å². The number of nitrogens with one attached hydrogen (secondary N) is 2. The maximum atomic E-state index is 13.5. The van der Waals surface area contributed by atoms with Gasteiger partial charge in [-0.15, -0.1) is 0 Å². The van der Waals surface area contributed by atoms with Crippen LogP contribution in [0.4, 0.5) is 20.6 Å². The number of H-pyrrole nitrogens is 1. The van der Waals surface area contributed by atoms with Crippen LogP contribution in [0.25, 0.3) is 10.9 Å². The van der Waals surface area contributed by atoms with Crippen LogP contribution in [0.2, 0.25) is 0 Å². The first kappa shape index (κ1) is 13.8. The molecule has 0 spiro atoms. The molecule has 3 aromatic rings. The van der Waals surface area contributed by atoms with Gasteiger partial charge in [0.15, 0.2) is 0 Å². The van der Waals surface area contributed by atoms with Gasteiger partial charge in [-0.05, 0) is 60.2 Å². The van der Waals surface area contributed by atoms with Gasteiger partial charge in [-0.2, -0.15) is 0 Å². The SMILES string of the molecule is Cc1cc2cc[nH]c2cc1NC(=O)N1CCc2ccc(F)cc21. The number of nitrogens with zero attached hydrogens (tertiary/aromatic N) is 1. The monoisotopic (exact) mass is 309 g/mol. The van der Waals surface area contributed by atoms with E-state index in [9.17, 15) is 9.18 Å². The molecule has 116 valence electrons.